The second-order valence-electron chi connectivity index (χ2n) is 13.1. The number of benzene rings is 5. The summed E-state index contributed by atoms with van der Waals surface area (Å²) in [4.78, 5) is 0. The van der Waals surface area contributed by atoms with Crippen LogP contribution in [0.2, 0.25) is 0 Å². The van der Waals surface area contributed by atoms with E-state index in [0.717, 1.165) is 12.8 Å². The van der Waals surface area contributed by atoms with Crippen LogP contribution >= 0.6 is 0 Å². The third-order valence-corrected chi connectivity index (χ3v) is 9.53. The van der Waals surface area contributed by atoms with Crippen molar-refractivity contribution in [3.8, 4) is 44.5 Å². The number of hydrogen-bond donors (Lipinski definition) is 0. The number of hydrogen-bond acceptors (Lipinski definition) is 0. The lowest BCUT2D eigenvalue weighted by molar-refractivity contribution is 0.606. The van der Waals surface area contributed by atoms with Crippen molar-refractivity contribution in [3.05, 3.63) is 132 Å². The summed E-state index contributed by atoms with van der Waals surface area (Å²) in [6.07, 6.45) is 18.1. The largest absolute Gasteiger partial charge is 0.0654 e. The quantitative estimate of drug-likeness (QED) is 0.0870. The fraction of sp³-hybridized carbons (Fsp3) is 0.348. The number of rotatable bonds is 18. The van der Waals surface area contributed by atoms with E-state index >= 15 is 0 Å². The van der Waals surface area contributed by atoms with Crippen LogP contribution in [0.4, 0.5) is 0 Å². The van der Waals surface area contributed by atoms with Gasteiger partial charge in [0.1, 0.15) is 0 Å². The van der Waals surface area contributed by atoms with E-state index in [0.29, 0.717) is 0 Å². The van der Waals surface area contributed by atoms with E-state index in [9.17, 15) is 0 Å². The van der Waals surface area contributed by atoms with Gasteiger partial charge in [-0.1, -0.05) is 199 Å². The molecule has 5 rings (SSSR count). The number of aryl methyl sites for hydroxylation is 2. The molecule has 0 spiro atoms. The number of unbranched alkanes of at least 4 members (excludes halogenated alkanes) is 10. The Hall–Kier alpha value is -3.90. The molecule has 5 aromatic rings. The second kappa shape index (κ2) is 18.3. The van der Waals surface area contributed by atoms with Crippen LogP contribution in [0.3, 0.4) is 0 Å². The molecule has 0 aromatic heterocycles. The molecule has 0 aliphatic rings. The van der Waals surface area contributed by atoms with Gasteiger partial charge in [0.2, 0.25) is 0 Å². The lowest BCUT2D eigenvalue weighted by atomic mass is 9.86. The summed E-state index contributed by atoms with van der Waals surface area (Å²) in [7, 11) is 0. The van der Waals surface area contributed by atoms with Crippen LogP contribution in [0.25, 0.3) is 44.5 Å². The highest BCUT2D eigenvalue weighted by Crippen LogP contribution is 2.36. The molecule has 0 radical (unpaired) electrons. The van der Waals surface area contributed by atoms with Crippen molar-refractivity contribution in [3.63, 3.8) is 0 Å². The molecule has 0 fully saturated rings. The summed E-state index contributed by atoms with van der Waals surface area (Å²) < 4.78 is 0. The standard InChI is InChI=1S/C46H54/c1-3-5-7-9-11-15-25-43-35-46(42-33-29-40(30-34-42)38-23-19-14-20-24-38)44(26-16-12-10-8-6-4-2)36-45(43)41-31-27-39(28-32-41)37-21-17-13-18-22-37/h13-14,17-24,27-36H,3-12,15-16,25-26H2,1-2H3. The van der Waals surface area contributed by atoms with Gasteiger partial charge in [0.25, 0.3) is 0 Å². The van der Waals surface area contributed by atoms with Gasteiger partial charge in [-0.3, -0.25) is 0 Å². The highest BCUT2D eigenvalue weighted by Gasteiger charge is 2.14. The Balaban J connectivity index is 1.48. The van der Waals surface area contributed by atoms with Gasteiger partial charge in [0.05, 0.1) is 0 Å². The van der Waals surface area contributed by atoms with Crippen LogP contribution in [0.1, 0.15) is 102 Å². The second-order valence-corrected chi connectivity index (χ2v) is 13.1. The van der Waals surface area contributed by atoms with Crippen molar-refractivity contribution in [1.29, 1.82) is 0 Å². The molecule has 0 saturated heterocycles. The average molecular weight is 607 g/mol. The van der Waals surface area contributed by atoms with Crippen LogP contribution in [-0.4, -0.2) is 0 Å². The average Bonchev–Trinajstić information content (AvgIpc) is 3.12. The first-order chi connectivity index (χ1) is 22.8. The van der Waals surface area contributed by atoms with Gasteiger partial charge in [-0.15, -0.1) is 0 Å². The van der Waals surface area contributed by atoms with E-state index in [1.807, 2.05) is 0 Å². The molecule has 0 atom stereocenters. The van der Waals surface area contributed by atoms with Crippen LogP contribution in [-0.2, 0) is 12.8 Å². The molecule has 0 N–H and O–H groups in total. The van der Waals surface area contributed by atoms with Crippen molar-refractivity contribution >= 4 is 0 Å². The van der Waals surface area contributed by atoms with Gasteiger partial charge in [-0.25, -0.2) is 0 Å². The molecule has 0 aliphatic heterocycles. The van der Waals surface area contributed by atoms with E-state index in [4.69, 9.17) is 0 Å². The maximum atomic E-state index is 2.57. The van der Waals surface area contributed by atoms with E-state index in [-0.39, 0.29) is 0 Å². The molecule has 0 bridgehead atoms. The van der Waals surface area contributed by atoms with Gasteiger partial charge in [0, 0.05) is 0 Å². The fourth-order valence-electron chi connectivity index (χ4n) is 6.78. The normalized spacial score (nSPS) is 11.2. The molecule has 0 nitrogen and oxygen atoms in total. The van der Waals surface area contributed by atoms with Crippen molar-refractivity contribution in [2.24, 2.45) is 0 Å². The van der Waals surface area contributed by atoms with E-state index < -0.39 is 0 Å². The molecule has 0 amide bonds. The van der Waals surface area contributed by atoms with Gasteiger partial charge >= 0.3 is 0 Å². The van der Waals surface area contributed by atoms with Crippen LogP contribution in [0.15, 0.2) is 121 Å². The van der Waals surface area contributed by atoms with Gasteiger partial charge in [0.15, 0.2) is 0 Å². The van der Waals surface area contributed by atoms with E-state index in [1.165, 1.54) is 133 Å². The third kappa shape index (κ3) is 9.56. The molecule has 5 aromatic carbocycles. The first-order valence-corrected chi connectivity index (χ1v) is 18.2. The van der Waals surface area contributed by atoms with Gasteiger partial charge < -0.3 is 0 Å². The smallest absolute Gasteiger partial charge is 0.0149 e. The first-order valence-electron chi connectivity index (χ1n) is 18.2. The van der Waals surface area contributed by atoms with Crippen LogP contribution in [0.5, 0.6) is 0 Å². The minimum absolute atomic E-state index is 1.13. The summed E-state index contributed by atoms with van der Waals surface area (Å²) in [5, 5.41) is 0. The molecule has 238 valence electrons. The summed E-state index contributed by atoms with van der Waals surface area (Å²) in [5.41, 5.74) is 13.7. The zero-order valence-electron chi connectivity index (χ0n) is 28.4. The van der Waals surface area contributed by atoms with Crippen molar-refractivity contribution in [2.45, 2.75) is 104 Å². The minimum Gasteiger partial charge on any atom is -0.0654 e. The Kier molecular flexibility index (Phi) is 13.3. The molecular formula is C46H54. The molecule has 0 heteroatoms. The highest BCUT2D eigenvalue weighted by molar-refractivity contribution is 5.79. The van der Waals surface area contributed by atoms with E-state index in [2.05, 4.69) is 135 Å². The Morgan fingerprint density at radius 1 is 0.304 bits per heavy atom. The zero-order chi connectivity index (χ0) is 31.8. The van der Waals surface area contributed by atoms with Crippen molar-refractivity contribution in [1.82, 2.24) is 0 Å². The maximum Gasteiger partial charge on any atom is -0.0149 e. The molecule has 0 aliphatic carbocycles. The molecule has 46 heavy (non-hydrogen) atoms. The monoisotopic (exact) mass is 606 g/mol. The van der Waals surface area contributed by atoms with Gasteiger partial charge in [-0.05, 0) is 81.3 Å². The fourth-order valence-corrected chi connectivity index (χ4v) is 6.78. The van der Waals surface area contributed by atoms with E-state index in [1.54, 1.807) is 0 Å². The molecule has 0 unspecified atom stereocenters. The SMILES string of the molecule is CCCCCCCCc1cc(-c2ccc(-c3ccccc3)cc2)c(CCCCCCCC)cc1-c1ccc(-c2ccccc2)cc1. The predicted octanol–water partition coefficient (Wildman–Crippen LogP) is 14.2. The van der Waals surface area contributed by atoms with Gasteiger partial charge in [-0.2, -0.15) is 0 Å². The predicted molar refractivity (Wildman–Crippen MR) is 202 cm³/mol. The minimum atomic E-state index is 1.13. The lowest BCUT2D eigenvalue weighted by Crippen LogP contribution is -1.99. The molecule has 0 saturated carbocycles. The third-order valence-electron chi connectivity index (χ3n) is 9.53. The van der Waals surface area contributed by atoms with Crippen LogP contribution < -0.4 is 0 Å². The molecular weight excluding hydrogens is 553 g/mol. The topological polar surface area (TPSA) is 0 Å². The summed E-state index contributed by atoms with van der Waals surface area (Å²) in [6.45, 7) is 4.60. The van der Waals surface area contributed by atoms with Crippen molar-refractivity contribution < 1.29 is 0 Å². The van der Waals surface area contributed by atoms with Crippen molar-refractivity contribution in [2.75, 3.05) is 0 Å². The first kappa shape index (κ1) is 33.5. The molecule has 0 heterocycles. The maximum absolute atomic E-state index is 2.57. The zero-order valence-corrected chi connectivity index (χ0v) is 28.4. The lowest BCUT2D eigenvalue weighted by Gasteiger charge is -2.18. The Bertz CT molecular complexity index is 1440. The Morgan fingerprint density at radius 2 is 0.609 bits per heavy atom. The Labute approximate surface area is 279 Å². The van der Waals surface area contributed by atoms with Crippen LogP contribution in [0, 0.1) is 0 Å². The summed E-state index contributed by atoms with van der Waals surface area (Å²) >= 11 is 0. The highest BCUT2D eigenvalue weighted by atomic mass is 14.2. The summed E-state index contributed by atoms with van der Waals surface area (Å²) in [5.74, 6) is 0. The Morgan fingerprint density at radius 3 is 0.978 bits per heavy atom. The summed E-state index contributed by atoms with van der Waals surface area (Å²) in [6, 6.07) is 45.3.